The molecule has 0 fully saturated rings. The van der Waals surface area contributed by atoms with Crippen LogP contribution in [0.5, 0.6) is 0 Å². The zero-order valence-corrected chi connectivity index (χ0v) is 13.6. The molecule has 0 bridgehead atoms. The number of nitrogens with zero attached hydrogens (tertiary/aromatic N) is 1. The Bertz CT molecular complexity index is 473. The maximum Gasteiger partial charge on any atom is 0.408 e. The van der Waals surface area contributed by atoms with E-state index in [9.17, 15) is 9.59 Å². The first-order valence-electron chi connectivity index (χ1n) is 7.77. The number of esters is 1. The molecular formula is C15H26N2O4. The van der Waals surface area contributed by atoms with Crippen molar-refractivity contribution in [2.75, 3.05) is 0 Å². The van der Waals surface area contributed by atoms with Crippen LogP contribution in [0.15, 0.2) is 0 Å². The number of rotatable bonds is 5. The van der Waals surface area contributed by atoms with E-state index in [1.165, 1.54) is 0 Å². The minimum atomic E-state index is -2.14. The van der Waals surface area contributed by atoms with Gasteiger partial charge in [-0.05, 0) is 54.3 Å². The van der Waals surface area contributed by atoms with Gasteiger partial charge in [-0.15, -0.1) is 0 Å². The maximum atomic E-state index is 12.3. The predicted octanol–water partition coefficient (Wildman–Crippen LogP) is 2.92. The van der Waals surface area contributed by atoms with Crippen molar-refractivity contribution in [3.63, 3.8) is 0 Å². The Morgan fingerprint density at radius 1 is 1.19 bits per heavy atom. The standard InChI is InChI=1S/C15H26N2O4/c1-14(2,3)20-12(18)11(9-7-8-10-16)17-13(19)21-15(4,5)6/h11H,7-9H2,1-6H3,(H,17,19)/i9D2. The largest absolute Gasteiger partial charge is 0.458 e. The van der Waals surface area contributed by atoms with E-state index in [0.717, 1.165) is 0 Å². The lowest BCUT2D eigenvalue weighted by atomic mass is 10.1. The summed E-state index contributed by atoms with van der Waals surface area (Å²) in [6, 6.07) is 0.256. The number of amides is 1. The lowest BCUT2D eigenvalue weighted by molar-refractivity contribution is -0.157. The number of carbonyl (C=O) groups is 2. The zero-order valence-electron chi connectivity index (χ0n) is 15.6. The molecule has 0 aliphatic heterocycles. The van der Waals surface area contributed by atoms with Gasteiger partial charge in [0, 0.05) is 9.16 Å². The summed E-state index contributed by atoms with van der Waals surface area (Å²) < 4.78 is 26.2. The molecule has 1 N–H and O–H groups in total. The van der Waals surface area contributed by atoms with Gasteiger partial charge in [0.1, 0.15) is 17.2 Å². The Hall–Kier alpha value is -1.77. The topological polar surface area (TPSA) is 88.4 Å². The summed E-state index contributed by atoms with van der Waals surface area (Å²) in [6.45, 7) is 9.87. The van der Waals surface area contributed by atoms with E-state index in [-0.39, 0.29) is 12.8 Å². The summed E-state index contributed by atoms with van der Waals surface area (Å²) in [7, 11) is 0. The highest BCUT2D eigenvalue weighted by Gasteiger charge is 2.28. The number of alkyl carbamates (subject to hydrolysis) is 1. The molecular weight excluding hydrogens is 272 g/mol. The molecule has 0 saturated carbocycles. The third-order valence-electron chi connectivity index (χ3n) is 1.89. The number of hydrogen-bond donors (Lipinski definition) is 1. The van der Waals surface area contributed by atoms with Crippen LogP contribution in [0, 0.1) is 11.3 Å². The van der Waals surface area contributed by atoms with Crippen LogP contribution in [-0.2, 0) is 14.3 Å². The molecule has 0 aromatic rings. The van der Waals surface area contributed by atoms with Gasteiger partial charge in [0.25, 0.3) is 0 Å². The smallest absolute Gasteiger partial charge is 0.408 e. The second-order valence-corrected chi connectivity index (χ2v) is 6.47. The molecule has 0 aliphatic rings. The van der Waals surface area contributed by atoms with Gasteiger partial charge in [0.2, 0.25) is 0 Å². The molecule has 21 heavy (non-hydrogen) atoms. The SMILES string of the molecule is [2H]C([2H])(CCC#N)C(NC(=O)OC(C)(C)C)C(=O)OC(C)(C)C. The second kappa shape index (κ2) is 7.87. The molecule has 0 aromatic carbocycles. The molecule has 6 nitrogen and oxygen atoms in total. The highest BCUT2D eigenvalue weighted by molar-refractivity contribution is 5.81. The molecule has 1 unspecified atom stereocenters. The van der Waals surface area contributed by atoms with Crippen LogP contribution in [0.4, 0.5) is 4.79 Å². The van der Waals surface area contributed by atoms with E-state index in [1.807, 2.05) is 6.07 Å². The fourth-order valence-electron chi connectivity index (χ4n) is 1.25. The van der Waals surface area contributed by atoms with E-state index >= 15 is 0 Å². The molecule has 0 saturated heterocycles. The van der Waals surface area contributed by atoms with Gasteiger partial charge in [0.15, 0.2) is 0 Å². The van der Waals surface area contributed by atoms with Gasteiger partial charge in [-0.3, -0.25) is 0 Å². The van der Waals surface area contributed by atoms with E-state index in [2.05, 4.69) is 5.32 Å². The Morgan fingerprint density at radius 2 is 1.71 bits per heavy atom. The first-order chi connectivity index (χ1) is 10.2. The first-order valence-corrected chi connectivity index (χ1v) is 6.77. The van der Waals surface area contributed by atoms with Gasteiger partial charge < -0.3 is 14.8 Å². The van der Waals surface area contributed by atoms with Crippen molar-refractivity contribution in [3.8, 4) is 6.07 Å². The summed E-state index contributed by atoms with van der Waals surface area (Å²) in [4.78, 5) is 24.1. The second-order valence-electron chi connectivity index (χ2n) is 6.47. The number of hydrogen-bond acceptors (Lipinski definition) is 5. The lowest BCUT2D eigenvalue weighted by Crippen LogP contribution is -2.46. The molecule has 0 spiro atoms. The number of nitriles is 1. The van der Waals surface area contributed by atoms with Crippen LogP contribution in [0.1, 0.15) is 63.5 Å². The molecule has 120 valence electrons. The fraction of sp³-hybridized carbons (Fsp3) is 0.800. The zero-order chi connectivity index (χ0) is 18.5. The summed E-state index contributed by atoms with van der Waals surface area (Å²) in [5.41, 5.74) is -1.63. The maximum absolute atomic E-state index is 12.3. The first kappa shape index (κ1) is 15.6. The molecule has 0 aromatic heterocycles. The number of ether oxygens (including phenoxy) is 2. The quantitative estimate of drug-likeness (QED) is 0.789. The third-order valence-corrected chi connectivity index (χ3v) is 1.89. The highest BCUT2D eigenvalue weighted by atomic mass is 16.6. The van der Waals surface area contributed by atoms with Crippen molar-refractivity contribution in [2.45, 2.75) is 78.0 Å². The van der Waals surface area contributed by atoms with Crippen LogP contribution >= 0.6 is 0 Å². The van der Waals surface area contributed by atoms with Gasteiger partial charge in [-0.1, -0.05) is 0 Å². The van der Waals surface area contributed by atoms with Crippen molar-refractivity contribution in [2.24, 2.45) is 0 Å². The molecule has 1 amide bonds. The van der Waals surface area contributed by atoms with Crippen molar-refractivity contribution in [1.29, 1.82) is 5.26 Å². The van der Waals surface area contributed by atoms with E-state index in [1.54, 1.807) is 41.5 Å². The van der Waals surface area contributed by atoms with Crippen LogP contribution in [0.25, 0.3) is 0 Å². The predicted molar refractivity (Wildman–Crippen MR) is 78.5 cm³/mol. The summed E-state index contributed by atoms with van der Waals surface area (Å²) in [5.74, 6) is -0.911. The van der Waals surface area contributed by atoms with E-state index in [4.69, 9.17) is 17.5 Å². The Morgan fingerprint density at radius 3 is 2.14 bits per heavy atom. The molecule has 0 radical (unpaired) electrons. The van der Waals surface area contributed by atoms with Crippen molar-refractivity contribution in [1.82, 2.24) is 5.32 Å². The minimum absolute atomic E-state index is 0.0949. The van der Waals surface area contributed by atoms with Crippen LogP contribution in [-0.4, -0.2) is 29.3 Å². The number of carbonyl (C=O) groups excluding carboxylic acids is 2. The van der Waals surface area contributed by atoms with Crippen LogP contribution < -0.4 is 5.32 Å². The van der Waals surface area contributed by atoms with Crippen molar-refractivity contribution < 1.29 is 21.8 Å². The van der Waals surface area contributed by atoms with Gasteiger partial charge >= 0.3 is 12.1 Å². The summed E-state index contributed by atoms with van der Waals surface area (Å²) >= 11 is 0. The average Bonchev–Trinajstić information content (AvgIpc) is 2.28. The van der Waals surface area contributed by atoms with E-state index in [0.29, 0.717) is 0 Å². The Labute approximate surface area is 129 Å². The molecule has 1 atom stereocenters. The molecule has 0 rings (SSSR count). The average molecular weight is 300 g/mol. The van der Waals surface area contributed by atoms with Gasteiger partial charge in [0.05, 0.1) is 6.07 Å². The highest BCUT2D eigenvalue weighted by Crippen LogP contribution is 2.13. The van der Waals surface area contributed by atoms with Crippen LogP contribution in [0.3, 0.4) is 0 Å². The fourth-order valence-corrected chi connectivity index (χ4v) is 1.25. The van der Waals surface area contributed by atoms with Crippen LogP contribution in [0.2, 0.25) is 0 Å². The lowest BCUT2D eigenvalue weighted by Gasteiger charge is -2.26. The van der Waals surface area contributed by atoms with Crippen molar-refractivity contribution >= 4 is 12.1 Å². The monoisotopic (exact) mass is 300 g/mol. The summed E-state index contributed by atoms with van der Waals surface area (Å²) in [5, 5.41) is 10.9. The molecule has 6 heteroatoms. The third kappa shape index (κ3) is 10.7. The van der Waals surface area contributed by atoms with Gasteiger partial charge in [-0.25, -0.2) is 9.59 Å². The van der Waals surface area contributed by atoms with Gasteiger partial charge in [-0.2, -0.15) is 5.26 Å². The normalized spacial score (nSPS) is 15.1. The van der Waals surface area contributed by atoms with Crippen molar-refractivity contribution in [3.05, 3.63) is 0 Å². The Kier molecular flexibility index (Phi) is 5.85. The summed E-state index contributed by atoms with van der Waals surface area (Å²) in [6.07, 6.45) is -3.38. The molecule has 0 aliphatic carbocycles. The van der Waals surface area contributed by atoms with E-state index < -0.39 is 35.7 Å². The Balaban J connectivity index is 5.26. The molecule has 0 heterocycles. The minimum Gasteiger partial charge on any atom is -0.458 e. The number of nitrogens with one attached hydrogen (secondary N) is 1.